The largest absolute Gasteiger partial charge is 0.480 e. The Morgan fingerprint density at radius 2 is 1.95 bits per heavy atom. The second-order valence-electron chi connectivity index (χ2n) is 5.73. The molecule has 114 valence electrons. The highest BCUT2D eigenvalue weighted by atomic mass is 16.4. The number of likely N-dealkylation sites (tertiary alicyclic amines) is 2. The molecule has 2 aliphatic heterocycles. The number of hydrogen-bond donors (Lipinski definition) is 2. The molecule has 0 aromatic carbocycles. The summed E-state index contributed by atoms with van der Waals surface area (Å²) < 4.78 is 0. The van der Waals surface area contributed by atoms with Crippen molar-refractivity contribution in [1.29, 1.82) is 0 Å². The van der Waals surface area contributed by atoms with Crippen molar-refractivity contribution in [2.45, 2.75) is 51.1 Å². The fraction of sp³-hybridized carbons (Fsp3) is 0.857. The lowest BCUT2D eigenvalue weighted by atomic mass is 10.1. The molecule has 0 spiro atoms. The van der Waals surface area contributed by atoms with Crippen LogP contribution in [0, 0.1) is 0 Å². The zero-order valence-corrected chi connectivity index (χ0v) is 12.2. The highest BCUT2D eigenvalue weighted by Crippen LogP contribution is 2.20. The molecule has 0 aliphatic carbocycles. The van der Waals surface area contributed by atoms with Crippen LogP contribution in [0.5, 0.6) is 0 Å². The van der Waals surface area contributed by atoms with E-state index in [9.17, 15) is 9.59 Å². The predicted octanol–water partition coefficient (Wildman–Crippen LogP) is 1.12. The highest BCUT2D eigenvalue weighted by Gasteiger charge is 2.32. The maximum atomic E-state index is 12.1. The summed E-state index contributed by atoms with van der Waals surface area (Å²) in [5.41, 5.74) is 0. The molecule has 6 nitrogen and oxygen atoms in total. The van der Waals surface area contributed by atoms with Gasteiger partial charge >= 0.3 is 12.0 Å². The standard InChI is InChI=1S/C14H25N3O3/c1-2-12(13(18)19)15-14(20)17-9-6-11(10-17)16-7-4-3-5-8-16/h11-12H,2-10H2,1H3,(H,15,20)(H,18,19). The van der Waals surface area contributed by atoms with Gasteiger partial charge in [0.2, 0.25) is 0 Å². The lowest BCUT2D eigenvalue weighted by molar-refractivity contribution is -0.139. The van der Waals surface area contributed by atoms with Gasteiger partial charge in [-0.1, -0.05) is 13.3 Å². The summed E-state index contributed by atoms with van der Waals surface area (Å²) in [6.45, 7) is 5.48. The lowest BCUT2D eigenvalue weighted by Gasteiger charge is -2.32. The van der Waals surface area contributed by atoms with Crippen molar-refractivity contribution < 1.29 is 14.7 Å². The molecule has 0 radical (unpaired) electrons. The second kappa shape index (κ2) is 6.92. The molecule has 2 rings (SSSR count). The first-order chi connectivity index (χ1) is 9.61. The van der Waals surface area contributed by atoms with E-state index in [-0.39, 0.29) is 6.03 Å². The molecular formula is C14H25N3O3. The van der Waals surface area contributed by atoms with Gasteiger partial charge in [0.05, 0.1) is 0 Å². The summed E-state index contributed by atoms with van der Waals surface area (Å²) in [7, 11) is 0. The first-order valence-electron chi connectivity index (χ1n) is 7.64. The van der Waals surface area contributed by atoms with Crippen molar-refractivity contribution in [3.05, 3.63) is 0 Å². The van der Waals surface area contributed by atoms with Crippen LogP contribution in [-0.2, 0) is 4.79 Å². The third-order valence-corrected chi connectivity index (χ3v) is 4.36. The number of aliphatic carboxylic acids is 1. The van der Waals surface area contributed by atoms with Gasteiger partial charge in [-0.3, -0.25) is 4.90 Å². The van der Waals surface area contributed by atoms with Crippen molar-refractivity contribution in [3.8, 4) is 0 Å². The number of nitrogens with one attached hydrogen (secondary N) is 1. The number of carboxylic acid groups (broad SMARTS) is 1. The van der Waals surface area contributed by atoms with Crippen LogP contribution in [0.25, 0.3) is 0 Å². The van der Waals surface area contributed by atoms with Gasteiger partial charge in [-0.2, -0.15) is 0 Å². The molecular weight excluding hydrogens is 258 g/mol. The number of carbonyl (C=O) groups excluding carboxylic acids is 1. The maximum Gasteiger partial charge on any atom is 0.326 e. The van der Waals surface area contributed by atoms with Gasteiger partial charge in [0.15, 0.2) is 0 Å². The van der Waals surface area contributed by atoms with Crippen LogP contribution in [0.1, 0.15) is 39.0 Å². The normalized spacial score (nSPS) is 25.4. The predicted molar refractivity (Wildman–Crippen MR) is 75.6 cm³/mol. The van der Waals surface area contributed by atoms with E-state index in [1.807, 2.05) is 0 Å². The average molecular weight is 283 g/mol. The van der Waals surface area contributed by atoms with E-state index in [4.69, 9.17) is 5.11 Å². The zero-order chi connectivity index (χ0) is 14.5. The van der Waals surface area contributed by atoms with Crippen LogP contribution in [0.4, 0.5) is 4.79 Å². The number of amides is 2. The third kappa shape index (κ3) is 3.62. The fourth-order valence-corrected chi connectivity index (χ4v) is 3.09. The zero-order valence-electron chi connectivity index (χ0n) is 12.2. The summed E-state index contributed by atoms with van der Waals surface area (Å²) in [4.78, 5) is 27.3. The molecule has 2 amide bonds. The van der Waals surface area contributed by atoms with E-state index in [0.717, 1.165) is 32.6 Å². The molecule has 2 fully saturated rings. The van der Waals surface area contributed by atoms with Crippen LogP contribution in [0.2, 0.25) is 0 Å². The topological polar surface area (TPSA) is 72.9 Å². The number of hydrogen-bond acceptors (Lipinski definition) is 3. The quantitative estimate of drug-likeness (QED) is 0.811. The second-order valence-corrected chi connectivity index (χ2v) is 5.73. The molecule has 2 atom stereocenters. The highest BCUT2D eigenvalue weighted by molar-refractivity contribution is 5.82. The molecule has 0 saturated carbocycles. The minimum absolute atomic E-state index is 0.237. The number of urea groups is 1. The van der Waals surface area contributed by atoms with Gasteiger partial charge in [0.1, 0.15) is 6.04 Å². The molecule has 2 aliphatic rings. The Balaban J connectivity index is 1.82. The van der Waals surface area contributed by atoms with E-state index < -0.39 is 12.0 Å². The molecule has 0 bridgehead atoms. The number of piperidine rings is 1. The molecule has 20 heavy (non-hydrogen) atoms. The number of carboxylic acids is 1. The van der Waals surface area contributed by atoms with Crippen molar-refractivity contribution in [1.82, 2.24) is 15.1 Å². The SMILES string of the molecule is CCC(NC(=O)N1CCC(N2CCCCC2)C1)C(=O)O. The summed E-state index contributed by atoms with van der Waals surface area (Å²) >= 11 is 0. The van der Waals surface area contributed by atoms with Gasteiger partial charge in [-0.25, -0.2) is 9.59 Å². The van der Waals surface area contributed by atoms with Crippen LogP contribution in [-0.4, -0.2) is 65.2 Å². The number of carbonyl (C=O) groups is 2. The molecule has 2 heterocycles. The van der Waals surface area contributed by atoms with Crippen molar-refractivity contribution in [2.24, 2.45) is 0 Å². The van der Waals surface area contributed by atoms with Crippen LogP contribution in [0.3, 0.4) is 0 Å². The third-order valence-electron chi connectivity index (χ3n) is 4.36. The molecule has 6 heteroatoms. The fourth-order valence-electron chi connectivity index (χ4n) is 3.09. The van der Waals surface area contributed by atoms with Crippen LogP contribution in [0.15, 0.2) is 0 Å². The minimum atomic E-state index is -0.965. The van der Waals surface area contributed by atoms with Gasteiger partial charge in [0.25, 0.3) is 0 Å². The minimum Gasteiger partial charge on any atom is -0.480 e. The molecule has 0 aromatic heterocycles. The Kier molecular flexibility index (Phi) is 5.23. The first-order valence-corrected chi connectivity index (χ1v) is 7.64. The van der Waals surface area contributed by atoms with Gasteiger partial charge < -0.3 is 15.3 Å². The monoisotopic (exact) mass is 283 g/mol. The Bertz CT molecular complexity index is 356. The molecule has 2 N–H and O–H groups in total. The Hall–Kier alpha value is -1.30. The Morgan fingerprint density at radius 3 is 2.55 bits per heavy atom. The first kappa shape index (κ1) is 15.1. The van der Waals surface area contributed by atoms with Gasteiger partial charge in [-0.15, -0.1) is 0 Å². The Morgan fingerprint density at radius 1 is 1.25 bits per heavy atom. The Labute approximate surface area is 120 Å². The van der Waals surface area contributed by atoms with Crippen molar-refractivity contribution >= 4 is 12.0 Å². The van der Waals surface area contributed by atoms with E-state index in [2.05, 4.69) is 10.2 Å². The maximum absolute atomic E-state index is 12.1. The molecule has 0 aromatic rings. The van der Waals surface area contributed by atoms with E-state index in [1.54, 1.807) is 11.8 Å². The van der Waals surface area contributed by atoms with Crippen molar-refractivity contribution in [3.63, 3.8) is 0 Å². The van der Waals surface area contributed by atoms with Crippen molar-refractivity contribution in [2.75, 3.05) is 26.2 Å². The van der Waals surface area contributed by atoms with E-state index in [1.165, 1.54) is 19.3 Å². The smallest absolute Gasteiger partial charge is 0.326 e. The van der Waals surface area contributed by atoms with Gasteiger partial charge in [-0.05, 0) is 38.8 Å². The van der Waals surface area contributed by atoms with E-state index in [0.29, 0.717) is 12.5 Å². The van der Waals surface area contributed by atoms with Crippen LogP contribution < -0.4 is 5.32 Å². The average Bonchev–Trinajstić information content (AvgIpc) is 2.95. The summed E-state index contributed by atoms with van der Waals surface area (Å²) in [6.07, 6.45) is 5.21. The van der Waals surface area contributed by atoms with Crippen LogP contribution >= 0.6 is 0 Å². The molecule has 2 unspecified atom stereocenters. The number of nitrogens with zero attached hydrogens (tertiary/aromatic N) is 2. The summed E-state index contributed by atoms with van der Waals surface area (Å²) in [5.74, 6) is -0.965. The van der Waals surface area contributed by atoms with Gasteiger partial charge in [0, 0.05) is 19.1 Å². The number of rotatable bonds is 4. The summed E-state index contributed by atoms with van der Waals surface area (Å²) in [6, 6.07) is -0.568. The summed E-state index contributed by atoms with van der Waals surface area (Å²) in [5, 5.41) is 11.6. The molecule has 2 saturated heterocycles. The van der Waals surface area contributed by atoms with E-state index >= 15 is 0 Å². The lowest BCUT2D eigenvalue weighted by Crippen LogP contribution is -2.48.